The maximum Gasteiger partial charge on any atom is 0.126 e. The van der Waals surface area contributed by atoms with Crippen LogP contribution in [0.15, 0.2) is 54.6 Å². The van der Waals surface area contributed by atoms with E-state index >= 15 is 0 Å². The standard InChI is InChI=1S/C22H28N2O/c1-23-16-9-18-24(23)17-7-8-19-25-22-13-6-5-12-21(22)15-14-20-10-3-2-4-11-20/h2-6,10-15H,7-9,16-19H2,1H3/b15-14+. The van der Waals surface area contributed by atoms with E-state index in [1.807, 2.05) is 12.1 Å². The van der Waals surface area contributed by atoms with Gasteiger partial charge in [0.15, 0.2) is 0 Å². The summed E-state index contributed by atoms with van der Waals surface area (Å²) in [5, 5.41) is 4.78. The van der Waals surface area contributed by atoms with Gasteiger partial charge in [0.1, 0.15) is 5.75 Å². The van der Waals surface area contributed by atoms with E-state index < -0.39 is 0 Å². The largest absolute Gasteiger partial charge is 0.493 e. The molecule has 3 rings (SSSR count). The van der Waals surface area contributed by atoms with Crippen molar-refractivity contribution in [1.29, 1.82) is 0 Å². The summed E-state index contributed by atoms with van der Waals surface area (Å²) in [6.07, 6.45) is 7.80. The molecule has 3 nitrogen and oxygen atoms in total. The lowest BCUT2D eigenvalue weighted by molar-refractivity contribution is 0.0533. The number of hydrazine groups is 1. The number of para-hydroxylation sites is 1. The van der Waals surface area contributed by atoms with E-state index in [9.17, 15) is 0 Å². The van der Waals surface area contributed by atoms with Gasteiger partial charge in [0.2, 0.25) is 0 Å². The number of rotatable bonds is 8. The van der Waals surface area contributed by atoms with Gasteiger partial charge in [0.25, 0.3) is 0 Å². The third-order valence-corrected chi connectivity index (χ3v) is 4.62. The van der Waals surface area contributed by atoms with Gasteiger partial charge in [-0.1, -0.05) is 60.7 Å². The first-order chi connectivity index (χ1) is 12.3. The predicted octanol–water partition coefficient (Wildman–Crippen LogP) is 4.57. The number of benzene rings is 2. The molecule has 0 unspecified atom stereocenters. The molecule has 0 aliphatic carbocycles. The molecule has 3 heteroatoms. The molecule has 2 aromatic rings. The zero-order valence-corrected chi connectivity index (χ0v) is 15.1. The fraction of sp³-hybridized carbons (Fsp3) is 0.364. The Hall–Kier alpha value is -2.10. The average Bonchev–Trinajstić information content (AvgIpc) is 3.06. The van der Waals surface area contributed by atoms with Crippen molar-refractivity contribution in [1.82, 2.24) is 10.0 Å². The Morgan fingerprint density at radius 3 is 2.52 bits per heavy atom. The summed E-state index contributed by atoms with van der Waals surface area (Å²) in [6, 6.07) is 18.6. The highest BCUT2D eigenvalue weighted by Gasteiger charge is 2.16. The molecule has 1 heterocycles. The number of nitrogens with zero attached hydrogens (tertiary/aromatic N) is 2. The molecule has 1 aliphatic rings. The van der Waals surface area contributed by atoms with Gasteiger partial charge >= 0.3 is 0 Å². The van der Waals surface area contributed by atoms with Crippen molar-refractivity contribution in [3.8, 4) is 5.75 Å². The Morgan fingerprint density at radius 2 is 1.72 bits per heavy atom. The highest BCUT2D eigenvalue weighted by molar-refractivity contribution is 5.72. The zero-order chi connectivity index (χ0) is 17.3. The Bertz CT molecular complexity index is 669. The second kappa shape index (κ2) is 9.40. The van der Waals surface area contributed by atoms with E-state index in [2.05, 4.69) is 71.7 Å². The smallest absolute Gasteiger partial charge is 0.126 e. The summed E-state index contributed by atoms with van der Waals surface area (Å²) in [5.41, 5.74) is 2.33. The normalized spacial score (nSPS) is 15.9. The SMILES string of the molecule is CN1CCCN1CCCCOc1ccccc1/C=C/c1ccccc1. The third-order valence-electron chi connectivity index (χ3n) is 4.62. The van der Waals surface area contributed by atoms with E-state index in [1.165, 1.54) is 31.5 Å². The number of ether oxygens (including phenoxy) is 1. The molecule has 1 saturated heterocycles. The molecule has 1 aliphatic heterocycles. The van der Waals surface area contributed by atoms with E-state index in [4.69, 9.17) is 4.74 Å². The monoisotopic (exact) mass is 336 g/mol. The molecule has 0 atom stereocenters. The van der Waals surface area contributed by atoms with Gasteiger partial charge in [-0.05, 0) is 30.9 Å². The fourth-order valence-electron chi connectivity index (χ4n) is 3.16. The van der Waals surface area contributed by atoms with Crippen LogP contribution in [-0.4, -0.2) is 43.3 Å². The minimum absolute atomic E-state index is 0.772. The van der Waals surface area contributed by atoms with Gasteiger partial charge in [-0.15, -0.1) is 0 Å². The first kappa shape index (κ1) is 17.7. The van der Waals surface area contributed by atoms with Gasteiger partial charge in [-0.2, -0.15) is 0 Å². The summed E-state index contributed by atoms with van der Waals surface area (Å²) in [7, 11) is 2.18. The van der Waals surface area contributed by atoms with E-state index in [-0.39, 0.29) is 0 Å². The molecule has 0 aromatic heterocycles. The molecule has 2 aromatic carbocycles. The highest BCUT2D eigenvalue weighted by Crippen LogP contribution is 2.21. The molecule has 0 amide bonds. The second-order valence-corrected chi connectivity index (χ2v) is 6.53. The third kappa shape index (κ3) is 5.45. The first-order valence-electron chi connectivity index (χ1n) is 9.24. The van der Waals surface area contributed by atoms with Crippen molar-refractivity contribution in [3.05, 3.63) is 65.7 Å². The van der Waals surface area contributed by atoms with Crippen LogP contribution in [-0.2, 0) is 0 Å². The molecule has 0 bridgehead atoms. The highest BCUT2D eigenvalue weighted by atomic mass is 16.5. The number of hydrogen-bond donors (Lipinski definition) is 0. The van der Waals surface area contributed by atoms with Crippen molar-refractivity contribution < 1.29 is 4.74 Å². The number of unbranched alkanes of at least 4 members (excludes halogenated alkanes) is 1. The van der Waals surface area contributed by atoms with Gasteiger partial charge in [0, 0.05) is 32.2 Å². The molecule has 132 valence electrons. The fourth-order valence-corrected chi connectivity index (χ4v) is 3.16. The second-order valence-electron chi connectivity index (χ2n) is 6.53. The molecule has 0 saturated carbocycles. The molecule has 1 fully saturated rings. The Morgan fingerprint density at radius 1 is 0.920 bits per heavy atom. The molecule has 0 spiro atoms. The van der Waals surface area contributed by atoms with Gasteiger partial charge < -0.3 is 4.74 Å². The maximum atomic E-state index is 6.03. The van der Waals surface area contributed by atoms with E-state index in [0.717, 1.165) is 30.9 Å². The average molecular weight is 336 g/mol. The van der Waals surface area contributed by atoms with Gasteiger partial charge in [-0.25, -0.2) is 10.0 Å². The minimum atomic E-state index is 0.772. The van der Waals surface area contributed by atoms with Crippen LogP contribution in [0, 0.1) is 0 Å². The van der Waals surface area contributed by atoms with Crippen LogP contribution in [0.1, 0.15) is 30.4 Å². The van der Waals surface area contributed by atoms with Gasteiger partial charge in [-0.3, -0.25) is 0 Å². The van der Waals surface area contributed by atoms with Crippen LogP contribution < -0.4 is 4.74 Å². The number of hydrogen-bond acceptors (Lipinski definition) is 3. The van der Waals surface area contributed by atoms with Crippen LogP contribution in [0.25, 0.3) is 12.2 Å². The van der Waals surface area contributed by atoms with Gasteiger partial charge in [0.05, 0.1) is 6.61 Å². The van der Waals surface area contributed by atoms with Crippen molar-refractivity contribution >= 4 is 12.2 Å². The summed E-state index contributed by atoms with van der Waals surface area (Å²) < 4.78 is 6.03. The van der Waals surface area contributed by atoms with Crippen molar-refractivity contribution in [3.63, 3.8) is 0 Å². The summed E-state index contributed by atoms with van der Waals surface area (Å²) >= 11 is 0. The summed E-state index contributed by atoms with van der Waals surface area (Å²) in [5.74, 6) is 0.966. The van der Waals surface area contributed by atoms with Crippen molar-refractivity contribution in [2.45, 2.75) is 19.3 Å². The predicted molar refractivity (Wildman–Crippen MR) is 105 cm³/mol. The minimum Gasteiger partial charge on any atom is -0.493 e. The van der Waals surface area contributed by atoms with E-state index in [1.54, 1.807) is 0 Å². The Kier molecular flexibility index (Phi) is 6.66. The molecular formula is C22H28N2O. The van der Waals surface area contributed by atoms with Crippen molar-refractivity contribution in [2.24, 2.45) is 0 Å². The topological polar surface area (TPSA) is 15.7 Å². The van der Waals surface area contributed by atoms with Crippen molar-refractivity contribution in [2.75, 3.05) is 33.3 Å². The molecule has 0 N–H and O–H groups in total. The Balaban J connectivity index is 1.47. The first-order valence-corrected chi connectivity index (χ1v) is 9.24. The van der Waals surface area contributed by atoms with Crippen LogP contribution >= 0.6 is 0 Å². The lowest BCUT2D eigenvalue weighted by Gasteiger charge is -2.23. The van der Waals surface area contributed by atoms with Crippen LogP contribution in [0.3, 0.4) is 0 Å². The van der Waals surface area contributed by atoms with Crippen LogP contribution in [0.4, 0.5) is 0 Å². The van der Waals surface area contributed by atoms with E-state index in [0.29, 0.717) is 0 Å². The van der Waals surface area contributed by atoms with Crippen LogP contribution in [0.5, 0.6) is 5.75 Å². The quantitative estimate of drug-likeness (QED) is 0.519. The molecule has 0 radical (unpaired) electrons. The lowest BCUT2D eigenvalue weighted by atomic mass is 10.1. The maximum absolute atomic E-state index is 6.03. The molecule has 25 heavy (non-hydrogen) atoms. The summed E-state index contributed by atoms with van der Waals surface area (Å²) in [4.78, 5) is 0. The zero-order valence-electron chi connectivity index (χ0n) is 15.1. The summed E-state index contributed by atoms with van der Waals surface area (Å²) in [6.45, 7) is 4.30. The molecular weight excluding hydrogens is 308 g/mol. The Labute approximate surface area is 151 Å². The lowest BCUT2D eigenvalue weighted by Crippen LogP contribution is -2.33. The van der Waals surface area contributed by atoms with Crippen LogP contribution in [0.2, 0.25) is 0 Å².